The summed E-state index contributed by atoms with van der Waals surface area (Å²) in [7, 11) is 0. The number of carbonyl (C=O) groups is 3. The Labute approximate surface area is 189 Å². The first-order valence-corrected chi connectivity index (χ1v) is 10.1. The molecule has 1 aromatic carbocycles. The first-order chi connectivity index (χ1) is 15.9. The topological polar surface area (TPSA) is 158 Å². The minimum atomic E-state index is -4.69. The Morgan fingerprint density at radius 1 is 1.00 bits per heavy atom. The van der Waals surface area contributed by atoms with Crippen molar-refractivity contribution in [2.24, 2.45) is 5.92 Å². The van der Waals surface area contributed by atoms with Crippen LogP contribution in [0.5, 0.6) is 11.6 Å². The minimum absolute atomic E-state index is 0.169. The normalized spacial score (nSPS) is 13.4. The van der Waals surface area contributed by atoms with Crippen LogP contribution in [-0.2, 0) is 11.0 Å². The number of alkyl halides is 3. The second-order valence-corrected chi connectivity index (χ2v) is 7.67. The number of aromatic nitrogens is 1. The molecule has 34 heavy (non-hydrogen) atoms. The number of nitrogens with one attached hydrogen (secondary N) is 2. The number of carboxylic acids is 1. The van der Waals surface area contributed by atoms with Gasteiger partial charge in [-0.2, -0.15) is 13.2 Å². The van der Waals surface area contributed by atoms with Crippen LogP contribution in [0, 0.1) is 5.92 Å². The van der Waals surface area contributed by atoms with Crippen LogP contribution in [0.3, 0.4) is 0 Å². The Balaban J connectivity index is 2.11. The van der Waals surface area contributed by atoms with E-state index in [4.69, 9.17) is 5.11 Å². The van der Waals surface area contributed by atoms with Crippen molar-refractivity contribution in [3.05, 3.63) is 51.3 Å². The third kappa shape index (κ3) is 5.30. The number of halogens is 3. The van der Waals surface area contributed by atoms with Crippen LogP contribution >= 0.6 is 0 Å². The van der Waals surface area contributed by atoms with Crippen LogP contribution in [0.2, 0.25) is 0 Å². The SMILES string of the molecule is O=C(O)CNC(=O)c1c(O)c(C(=O)NCCC2CC2)c(O)n(-c2ccc(C(F)(F)F)cc2)c1=O. The molecule has 2 amide bonds. The van der Waals surface area contributed by atoms with E-state index in [0.29, 0.717) is 29.0 Å². The molecule has 0 unspecified atom stereocenters. The smallest absolute Gasteiger partial charge is 0.416 e. The van der Waals surface area contributed by atoms with Crippen molar-refractivity contribution in [2.45, 2.75) is 25.4 Å². The Bertz CT molecular complexity index is 1190. The number of carbonyl (C=O) groups excluding carboxylic acids is 2. The Hall–Kier alpha value is -4.03. The maximum atomic E-state index is 12.9. The van der Waals surface area contributed by atoms with Gasteiger partial charge in [0.25, 0.3) is 17.4 Å². The quantitative estimate of drug-likeness (QED) is 0.382. The van der Waals surface area contributed by atoms with E-state index in [1.165, 1.54) is 0 Å². The largest absolute Gasteiger partial charge is 0.506 e. The van der Waals surface area contributed by atoms with Crippen LogP contribution in [0.1, 0.15) is 45.5 Å². The van der Waals surface area contributed by atoms with Crippen LogP contribution in [0.15, 0.2) is 29.1 Å². The molecule has 182 valence electrons. The first kappa shape index (κ1) is 24.6. The summed E-state index contributed by atoms with van der Waals surface area (Å²) in [5.74, 6) is -5.74. The van der Waals surface area contributed by atoms with Crippen molar-refractivity contribution in [1.29, 1.82) is 0 Å². The average molecular weight is 483 g/mol. The number of rotatable bonds is 8. The number of nitrogens with zero attached hydrogens (tertiary/aromatic N) is 1. The van der Waals surface area contributed by atoms with Gasteiger partial charge in [-0.05, 0) is 36.6 Å². The predicted octanol–water partition coefficient (Wildman–Crippen LogP) is 1.61. The molecule has 13 heteroatoms. The second kappa shape index (κ2) is 9.45. The third-order valence-electron chi connectivity index (χ3n) is 5.17. The van der Waals surface area contributed by atoms with Gasteiger partial charge in [-0.15, -0.1) is 0 Å². The van der Waals surface area contributed by atoms with Crippen molar-refractivity contribution < 1.29 is 42.9 Å². The molecule has 0 atom stereocenters. The molecule has 0 saturated heterocycles. The molecule has 0 aliphatic heterocycles. The number of pyridine rings is 1. The van der Waals surface area contributed by atoms with E-state index in [0.717, 1.165) is 25.0 Å². The van der Waals surface area contributed by atoms with Crippen molar-refractivity contribution in [3.8, 4) is 17.3 Å². The zero-order valence-corrected chi connectivity index (χ0v) is 17.5. The molecule has 3 rings (SSSR count). The Kier molecular flexibility index (Phi) is 6.84. The monoisotopic (exact) mass is 483 g/mol. The van der Waals surface area contributed by atoms with Gasteiger partial charge < -0.3 is 26.0 Å². The van der Waals surface area contributed by atoms with Gasteiger partial charge in [0.05, 0.1) is 11.3 Å². The molecule has 0 spiro atoms. The summed E-state index contributed by atoms with van der Waals surface area (Å²) in [6, 6.07) is 2.89. The number of hydrogen-bond donors (Lipinski definition) is 5. The van der Waals surface area contributed by atoms with E-state index in [1.54, 1.807) is 0 Å². The molecular weight excluding hydrogens is 463 g/mol. The van der Waals surface area contributed by atoms with E-state index in [1.807, 2.05) is 5.32 Å². The molecule has 1 heterocycles. The van der Waals surface area contributed by atoms with Crippen LogP contribution in [0.4, 0.5) is 13.2 Å². The fourth-order valence-electron chi connectivity index (χ4n) is 3.23. The molecule has 1 fully saturated rings. The lowest BCUT2D eigenvalue weighted by Crippen LogP contribution is -2.37. The molecule has 1 aliphatic carbocycles. The van der Waals surface area contributed by atoms with Crippen LogP contribution < -0.4 is 16.2 Å². The average Bonchev–Trinajstić information content (AvgIpc) is 3.56. The van der Waals surface area contributed by atoms with Gasteiger partial charge in [-0.3, -0.25) is 19.2 Å². The molecular formula is C21H20F3N3O7. The van der Waals surface area contributed by atoms with Gasteiger partial charge in [0.1, 0.15) is 17.7 Å². The van der Waals surface area contributed by atoms with Gasteiger partial charge in [0, 0.05) is 6.54 Å². The highest BCUT2D eigenvalue weighted by Gasteiger charge is 2.32. The first-order valence-electron chi connectivity index (χ1n) is 10.1. The number of amides is 2. The lowest BCUT2D eigenvalue weighted by molar-refractivity contribution is -0.138. The van der Waals surface area contributed by atoms with E-state index >= 15 is 0 Å². The minimum Gasteiger partial charge on any atom is -0.506 e. The van der Waals surface area contributed by atoms with Gasteiger partial charge >= 0.3 is 12.1 Å². The molecule has 10 nitrogen and oxygen atoms in total. The van der Waals surface area contributed by atoms with E-state index in [-0.39, 0.29) is 12.2 Å². The molecule has 2 aromatic rings. The highest BCUT2D eigenvalue weighted by atomic mass is 19.4. The van der Waals surface area contributed by atoms with Gasteiger partial charge in [0.15, 0.2) is 5.75 Å². The molecule has 1 aromatic heterocycles. The lowest BCUT2D eigenvalue weighted by Gasteiger charge is -2.17. The summed E-state index contributed by atoms with van der Waals surface area (Å²) in [6.07, 6.45) is -2.06. The van der Waals surface area contributed by atoms with E-state index in [2.05, 4.69) is 5.32 Å². The molecule has 5 N–H and O–H groups in total. The maximum Gasteiger partial charge on any atom is 0.416 e. The Morgan fingerprint density at radius 3 is 2.12 bits per heavy atom. The molecule has 0 bridgehead atoms. The number of benzene rings is 1. The maximum absolute atomic E-state index is 12.9. The van der Waals surface area contributed by atoms with Crippen molar-refractivity contribution in [1.82, 2.24) is 15.2 Å². The van der Waals surface area contributed by atoms with Crippen LogP contribution in [0.25, 0.3) is 5.69 Å². The van der Waals surface area contributed by atoms with Gasteiger partial charge in [-0.25, -0.2) is 4.57 Å². The zero-order valence-electron chi connectivity index (χ0n) is 17.5. The summed E-state index contributed by atoms with van der Waals surface area (Å²) in [5, 5.41) is 34.2. The second-order valence-electron chi connectivity index (χ2n) is 7.67. The number of carboxylic acid groups (broad SMARTS) is 1. The van der Waals surface area contributed by atoms with Crippen molar-refractivity contribution in [3.63, 3.8) is 0 Å². The van der Waals surface area contributed by atoms with Crippen LogP contribution in [-0.4, -0.2) is 50.8 Å². The summed E-state index contributed by atoms with van der Waals surface area (Å²) >= 11 is 0. The van der Waals surface area contributed by atoms with Crippen molar-refractivity contribution >= 4 is 17.8 Å². The fraction of sp³-hybridized carbons (Fsp3) is 0.333. The highest BCUT2D eigenvalue weighted by molar-refractivity contribution is 6.05. The van der Waals surface area contributed by atoms with Crippen molar-refractivity contribution in [2.75, 3.05) is 13.1 Å². The molecule has 1 saturated carbocycles. The van der Waals surface area contributed by atoms with Gasteiger partial charge in [0.2, 0.25) is 5.88 Å². The van der Waals surface area contributed by atoms with E-state index in [9.17, 15) is 42.6 Å². The number of aliphatic carboxylic acids is 1. The zero-order chi connectivity index (χ0) is 25.2. The highest BCUT2D eigenvalue weighted by Crippen LogP contribution is 2.34. The number of hydrogen-bond acceptors (Lipinski definition) is 6. The summed E-state index contributed by atoms with van der Waals surface area (Å²) in [5.41, 5.74) is -4.70. The summed E-state index contributed by atoms with van der Waals surface area (Å²) in [6.45, 7) is -0.760. The van der Waals surface area contributed by atoms with E-state index < -0.39 is 64.4 Å². The standard InChI is InChI=1S/C21H20F3N3O7/c22-21(23,24)11-3-5-12(6-4-11)27-19(33)14(17(31)25-8-7-10-1-2-10)16(30)15(20(27)34)18(32)26-9-13(28)29/h3-6,10,30,33H,1-2,7-9H2,(H,25,31)(H,26,32)(H,28,29). The molecule has 0 radical (unpaired) electrons. The Morgan fingerprint density at radius 2 is 1.59 bits per heavy atom. The summed E-state index contributed by atoms with van der Waals surface area (Å²) < 4.78 is 39.1. The fourth-order valence-corrected chi connectivity index (χ4v) is 3.23. The number of aromatic hydroxyl groups is 2. The third-order valence-corrected chi connectivity index (χ3v) is 5.17. The summed E-state index contributed by atoms with van der Waals surface area (Å²) in [4.78, 5) is 48.8. The van der Waals surface area contributed by atoms with Gasteiger partial charge in [-0.1, -0.05) is 12.8 Å². The molecule has 1 aliphatic rings. The lowest BCUT2D eigenvalue weighted by atomic mass is 10.1. The predicted molar refractivity (Wildman–Crippen MR) is 110 cm³/mol.